The van der Waals surface area contributed by atoms with Crippen LogP contribution in [0.25, 0.3) is 0 Å². The number of nitrogens with zero attached hydrogens (tertiary/aromatic N) is 2. The lowest BCUT2D eigenvalue weighted by atomic mass is 10.1. The van der Waals surface area contributed by atoms with Crippen LogP contribution in [0.1, 0.15) is 27.6 Å². The fourth-order valence-electron chi connectivity index (χ4n) is 1.49. The van der Waals surface area contributed by atoms with E-state index >= 15 is 0 Å². The maximum atomic E-state index is 11.9. The van der Waals surface area contributed by atoms with Gasteiger partial charge in [-0.15, -0.1) is 0 Å². The summed E-state index contributed by atoms with van der Waals surface area (Å²) in [4.78, 5) is 39.5. The van der Waals surface area contributed by atoms with Gasteiger partial charge in [-0.3, -0.25) is 14.6 Å². The van der Waals surface area contributed by atoms with Gasteiger partial charge in [-0.2, -0.15) is 0 Å². The molecule has 0 spiro atoms. The molecule has 2 amide bonds. The first-order valence-corrected chi connectivity index (χ1v) is 5.54. The molecule has 7 heteroatoms. The normalized spacial score (nSPS) is 11.5. The van der Waals surface area contributed by atoms with Crippen molar-refractivity contribution in [2.45, 2.75) is 13.0 Å². The van der Waals surface area contributed by atoms with Crippen LogP contribution in [0.15, 0.2) is 18.5 Å². The molecule has 19 heavy (non-hydrogen) atoms. The number of nitrogens with one attached hydrogen (secondary N) is 1. The van der Waals surface area contributed by atoms with E-state index in [-0.39, 0.29) is 17.0 Å². The van der Waals surface area contributed by atoms with Crippen LogP contribution in [0, 0.1) is 0 Å². The van der Waals surface area contributed by atoms with E-state index in [0.29, 0.717) is 0 Å². The Kier molecular flexibility index (Phi) is 4.57. The third kappa shape index (κ3) is 3.51. The second kappa shape index (κ2) is 5.94. The Bertz CT molecular complexity index is 513. The Morgan fingerprint density at radius 3 is 2.47 bits per heavy atom. The molecule has 1 aromatic heterocycles. The molecule has 0 bridgehead atoms. The quantitative estimate of drug-likeness (QED) is 0.797. The van der Waals surface area contributed by atoms with E-state index in [9.17, 15) is 14.4 Å². The summed E-state index contributed by atoms with van der Waals surface area (Å²) in [7, 11) is 3.14. The predicted molar refractivity (Wildman–Crippen MR) is 66.8 cm³/mol. The van der Waals surface area contributed by atoms with E-state index in [1.165, 1.54) is 24.1 Å². The molecule has 1 heterocycles. The van der Waals surface area contributed by atoms with Crippen LogP contribution in [-0.4, -0.2) is 52.9 Å². The van der Waals surface area contributed by atoms with Crippen LogP contribution >= 0.6 is 0 Å². The SMILES string of the molecule is CC(NC(=O)c1ccncc1C(=O)O)C(=O)N(C)C. The Hall–Kier alpha value is -2.44. The highest BCUT2D eigenvalue weighted by Gasteiger charge is 2.21. The van der Waals surface area contributed by atoms with Gasteiger partial charge in [0.25, 0.3) is 5.91 Å². The average molecular weight is 265 g/mol. The van der Waals surface area contributed by atoms with Crippen LogP contribution in [-0.2, 0) is 4.79 Å². The van der Waals surface area contributed by atoms with Crippen LogP contribution in [0.2, 0.25) is 0 Å². The van der Waals surface area contributed by atoms with Gasteiger partial charge in [0.15, 0.2) is 0 Å². The molecule has 1 aromatic rings. The highest BCUT2D eigenvalue weighted by Crippen LogP contribution is 2.07. The number of rotatable bonds is 4. The van der Waals surface area contributed by atoms with Crippen molar-refractivity contribution < 1.29 is 19.5 Å². The molecule has 0 aliphatic carbocycles. The summed E-state index contributed by atoms with van der Waals surface area (Å²) in [6.07, 6.45) is 2.41. The van der Waals surface area contributed by atoms with E-state index < -0.39 is 17.9 Å². The lowest BCUT2D eigenvalue weighted by Crippen LogP contribution is -2.44. The topological polar surface area (TPSA) is 99.6 Å². The zero-order valence-corrected chi connectivity index (χ0v) is 10.9. The second-order valence-corrected chi connectivity index (χ2v) is 4.15. The maximum absolute atomic E-state index is 11.9. The fraction of sp³-hybridized carbons (Fsp3) is 0.333. The van der Waals surface area contributed by atoms with Gasteiger partial charge in [0.2, 0.25) is 5.91 Å². The number of hydrogen-bond acceptors (Lipinski definition) is 4. The molecule has 1 atom stereocenters. The van der Waals surface area contributed by atoms with E-state index in [1.807, 2.05) is 0 Å². The van der Waals surface area contributed by atoms with Crippen molar-refractivity contribution in [2.75, 3.05) is 14.1 Å². The molecule has 2 N–H and O–H groups in total. The molecule has 7 nitrogen and oxygen atoms in total. The van der Waals surface area contributed by atoms with Gasteiger partial charge in [0.1, 0.15) is 6.04 Å². The summed E-state index contributed by atoms with van der Waals surface area (Å²) in [5.41, 5.74) is -0.231. The smallest absolute Gasteiger partial charge is 0.338 e. The average Bonchev–Trinajstić information content (AvgIpc) is 2.37. The van der Waals surface area contributed by atoms with E-state index in [4.69, 9.17) is 5.11 Å². The van der Waals surface area contributed by atoms with E-state index in [2.05, 4.69) is 10.3 Å². The molecule has 0 saturated heterocycles. The minimum atomic E-state index is -1.25. The highest BCUT2D eigenvalue weighted by atomic mass is 16.4. The number of aromatic nitrogens is 1. The number of hydrogen-bond donors (Lipinski definition) is 2. The molecule has 1 rings (SSSR count). The van der Waals surface area contributed by atoms with Crippen molar-refractivity contribution in [3.63, 3.8) is 0 Å². The Morgan fingerprint density at radius 1 is 1.32 bits per heavy atom. The van der Waals surface area contributed by atoms with Crippen molar-refractivity contribution in [2.24, 2.45) is 0 Å². The van der Waals surface area contributed by atoms with Crippen molar-refractivity contribution in [1.29, 1.82) is 0 Å². The van der Waals surface area contributed by atoms with Gasteiger partial charge in [-0.1, -0.05) is 0 Å². The Balaban J connectivity index is 2.90. The summed E-state index contributed by atoms with van der Waals surface area (Å²) >= 11 is 0. The predicted octanol–water partition coefficient (Wildman–Crippen LogP) is -0.0137. The molecule has 1 unspecified atom stereocenters. The maximum Gasteiger partial charge on any atom is 0.338 e. The van der Waals surface area contributed by atoms with Crippen molar-refractivity contribution in [1.82, 2.24) is 15.2 Å². The Morgan fingerprint density at radius 2 is 1.95 bits per heavy atom. The zero-order valence-electron chi connectivity index (χ0n) is 10.9. The van der Waals surface area contributed by atoms with E-state index in [0.717, 1.165) is 6.20 Å². The Labute approximate surface area is 110 Å². The molecule has 0 radical (unpaired) electrons. The summed E-state index contributed by atoms with van der Waals surface area (Å²) in [6, 6.07) is 0.559. The number of amides is 2. The first-order chi connectivity index (χ1) is 8.84. The fourth-order valence-corrected chi connectivity index (χ4v) is 1.49. The summed E-state index contributed by atoms with van der Waals surface area (Å²) in [6.45, 7) is 1.53. The lowest BCUT2D eigenvalue weighted by Gasteiger charge is -2.18. The minimum Gasteiger partial charge on any atom is -0.478 e. The number of aromatic carboxylic acids is 1. The number of carbonyl (C=O) groups is 3. The number of carboxylic acids is 1. The monoisotopic (exact) mass is 265 g/mol. The van der Waals surface area contributed by atoms with Crippen molar-refractivity contribution in [3.8, 4) is 0 Å². The van der Waals surface area contributed by atoms with Gasteiger partial charge >= 0.3 is 5.97 Å². The van der Waals surface area contributed by atoms with E-state index in [1.54, 1.807) is 14.1 Å². The standard InChI is InChI=1S/C12H15N3O4/c1-7(11(17)15(2)3)14-10(16)8-4-5-13-6-9(8)12(18)19/h4-7H,1-3H3,(H,14,16)(H,18,19). The molecule has 0 fully saturated rings. The van der Waals surface area contributed by atoms with Gasteiger partial charge in [0.05, 0.1) is 11.1 Å². The molecule has 102 valence electrons. The largest absolute Gasteiger partial charge is 0.478 e. The highest BCUT2D eigenvalue weighted by molar-refractivity contribution is 6.05. The van der Waals surface area contributed by atoms with Gasteiger partial charge < -0.3 is 15.3 Å². The number of pyridine rings is 1. The molecular formula is C12H15N3O4. The van der Waals surface area contributed by atoms with Gasteiger partial charge in [0, 0.05) is 26.5 Å². The number of carbonyl (C=O) groups excluding carboxylic acids is 2. The van der Waals surface area contributed by atoms with Crippen LogP contribution < -0.4 is 5.32 Å². The molecule has 0 aromatic carbocycles. The first kappa shape index (κ1) is 14.6. The molecule has 0 aliphatic rings. The minimum absolute atomic E-state index is 0.0269. The van der Waals surface area contributed by atoms with Gasteiger partial charge in [-0.25, -0.2) is 4.79 Å². The number of likely N-dealkylation sites (N-methyl/N-ethyl adjacent to an activating group) is 1. The van der Waals surface area contributed by atoms with Crippen LogP contribution in [0.5, 0.6) is 0 Å². The third-order valence-corrected chi connectivity index (χ3v) is 2.45. The van der Waals surface area contributed by atoms with Gasteiger partial charge in [-0.05, 0) is 13.0 Å². The van der Waals surface area contributed by atoms with Crippen LogP contribution in [0.3, 0.4) is 0 Å². The van der Waals surface area contributed by atoms with Crippen molar-refractivity contribution in [3.05, 3.63) is 29.6 Å². The lowest BCUT2D eigenvalue weighted by molar-refractivity contribution is -0.130. The zero-order chi connectivity index (χ0) is 14.6. The van der Waals surface area contributed by atoms with Crippen LogP contribution in [0.4, 0.5) is 0 Å². The molecule has 0 aliphatic heterocycles. The molecule has 0 saturated carbocycles. The van der Waals surface area contributed by atoms with Crippen molar-refractivity contribution >= 4 is 17.8 Å². The third-order valence-electron chi connectivity index (χ3n) is 2.45. The second-order valence-electron chi connectivity index (χ2n) is 4.15. The number of carboxylic acid groups (broad SMARTS) is 1. The first-order valence-electron chi connectivity index (χ1n) is 5.54. The summed E-state index contributed by atoms with van der Waals surface area (Å²) in [5, 5.41) is 11.4. The molecular weight excluding hydrogens is 250 g/mol. The summed E-state index contributed by atoms with van der Waals surface area (Å²) < 4.78 is 0. The summed E-state index contributed by atoms with van der Waals surface area (Å²) in [5.74, 6) is -2.15.